The lowest BCUT2D eigenvalue weighted by Gasteiger charge is -2.07. The van der Waals surface area contributed by atoms with E-state index in [1.807, 2.05) is 38.2 Å². The van der Waals surface area contributed by atoms with Gasteiger partial charge in [-0.3, -0.25) is 4.68 Å². The zero-order chi connectivity index (χ0) is 13.8. The van der Waals surface area contributed by atoms with E-state index in [-0.39, 0.29) is 0 Å². The summed E-state index contributed by atoms with van der Waals surface area (Å²) >= 11 is 6.19. The lowest BCUT2D eigenvalue weighted by atomic mass is 10.1. The highest BCUT2D eigenvalue weighted by atomic mass is 35.5. The van der Waals surface area contributed by atoms with Crippen molar-refractivity contribution in [3.8, 4) is 6.07 Å². The van der Waals surface area contributed by atoms with E-state index in [4.69, 9.17) is 16.9 Å². The molecule has 1 N–H and O–H groups in total. The monoisotopic (exact) mass is 274 g/mol. The molecule has 0 radical (unpaired) electrons. The van der Waals surface area contributed by atoms with Crippen LogP contribution in [0.4, 0.5) is 5.69 Å². The van der Waals surface area contributed by atoms with E-state index in [9.17, 15) is 0 Å². The van der Waals surface area contributed by atoms with Gasteiger partial charge in [-0.25, -0.2) is 0 Å². The summed E-state index contributed by atoms with van der Waals surface area (Å²) in [6.07, 6.45) is 0.438. The van der Waals surface area contributed by atoms with Crippen LogP contribution in [0.15, 0.2) is 24.3 Å². The zero-order valence-electron chi connectivity index (χ0n) is 10.9. The van der Waals surface area contributed by atoms with Crippen molar-refractivity contribution in [2.75, 3.05) is 5.32 Å². The Labute approximate surface area is 117 Å². The second-order valence-corrected chi connectivity index (χ2v) is 4.73. The quantitative estimate of drug-likeness (QED) is 0.932. The van der Waals surface area contributed by atoms with Crippen molar-refractivity contribution >= 4 is 17.3 Å². The van der Waals surface area contributed by atoms with Crippen LogP contribution in [0.5, 0.6) is 0 Å². The molecule has 0 atom stereocenters. The van der Waals surface area contributed by atoms with E-state index in [0.717, 1.165) is 22.6 Å². The number of anilines is 1. The van der Waals surface area contributed by atoms with Crippen LogP contribution >= 0.6 is 11.6 Å². The second kappa shape index (κ2) is 5.77. The fourth-order valence-corrected chi connectivity index (χ4v) is 2.12. The molecular weight excluding hydrogens is 260 g/mol. The third kappa shape index (κ3) is 3.07. The maximum absolute atomic E-state index is 8.61. The number of rotatable bonds is 4. The molecule has 2 rings (SSSR count). The Morgan fingerprint density at radius 2 is 2.05 bits per heavy atom. The molecular formula is C14H15ClN4. The average Bonchev–Trinajstić information content (AvgIpc) is 2.64. The van der Waals surface area contributed by atoms with E-state index >= 15 is 0 Å². The zero-order valence-corrected chi connectivity index (χ0v) is 11.7. The van der Waals surface area contributed by atoms with Crippen LogP contribution in [-0.4, -0.2) is 9.78 Å². The van der Waals surface area contributed by atoms with Gasteiger partial charge in [-0.15, -0.1) is 0 Å². The summed E-state index contributed by atoms with van der Waals surface area (Å²) in [5.41, 5.74) is 3.81. The molecule has 4 nitrogen and oxygen atoms in total. The van der Waals surface area contributed by atoms with Gasteiger partial charge in [0.15, 0.2) is 0 Å². The molecule has 19 heavy (non-hydrogen) atoms. The van der Waals surface area contributed by atoms with Gasteiger partial charge < -0.3 is 5.32 Å². The fourth-order valence-electron chi connectivity index (χ4n) is 1.89. The van der Waals surface area contributed by atoms with Crippen molar-refractivity contribution in [3.05, 3.63) is 46.2 Å². The molecule has 0 saturated carbocycles. The molecule has 98 valence electrons. The molecule has 0 aliphatic carbocycles. The third-order valence-corrected chi connectivity index (χ3v) is 3.45. The SMILES string of the molecule is Cc1nn(C)c(CNc2ccc(CC#N)cc2)c1Cl. The molecule has 0 amide bonds. The smallest absolute Gasteiger partial charge is 0.0865 e. The Morgan fingerprint density at radius 3 is 2.58 bits per heavy atom. The summed E-state index contributed by atoms with van der Waals surface area (Å²) in [7, 11) is 1.88. The minimum atomic E-state index is 0.438. The lowest BCUT2D eigenvalue weighted by molar-refractivity contribution is 0.713. The highest BCUT2D eigenvalue weighted by molar-refractivity contribution is 6.31. The summed E-state index contributed by atoms with van der Waals surface area (Å²) in [5, 5.41) is 16.9. The van der Waals surface area contributed by atoms with E-state index in [1.54, 1.807) is 4.68 Å². The minimum Gasteiger partial charge on any atom is -0.379 e. The van der Waals surface area contributed by atoms with Gasteiger partial charge in [0.1, 0.15) is 0 Å². The summed E-state index contributed by atoms with van der Waals surface area (Å²) in [4.78, 5) is 0. The van der Waals surface area contributed by atoms with Gasteiger partial charge in [-0.05, 0) is 24.6 Å². The number of hydrogen-bond acceptors (Lipinski definition) is 3. The van der Waals surface area contributed by atoms with Gasteiger partial charge >= 0.3 is 0 Å². The van der Waals surface area contributed by atoms with Crippen molar-refractivity contribution in [2.45, 2.75) is 19.9 Å². The number of aryl methyl sites for hydroxylation is 2. The molecule has 1 aromatic carbocycles. The van der Waals surface area contributed by atoms with Crippen molar-refractivity contribution in [1.29, 1.82) is 5.26 Å². The molecule has 2 aromatic rings. The van der Waals surface area contributed by atoms with Crippen LogP contribution in [-0.2, 0) is 20.0 Å². The molecule has 0 fully saturated rings. The van der Waals surface area contributed by atoms with Gasteiger partial charge in [-0.1, -0.05) is 23.7 Å². The Balaban J connectivity index is 2.04. The Kier molecular flexibility index (Phi) is 4.08. The Hall–Kier alpha value is -1.99. The number of aromatic nitrogens is 2. The van der Waals surface area contributed by atoms with Crippen LogP contribution < -0.4 is 5.32 Å². The minimum absolute atomic E-state index is 0.438. The average molecular weight is 275 g/mol. The Morgan fingerprint density at radius 1 is 1.37 bits per heavy atom. The number of halogens is 1. The van der Waals surface area contributed by atoms with E-state index < -0.39 is 0 Å². The highest BCUT2D eigenvalue weighted by Gasteiger charge is 2.10. The maximum Gasteiger partial charge on any atom is 0.0865 e. The molecule has 0 spiro atoms. The molecule has 5 heteroatoms. The highest BCUT2D eigenvalue weighted by Crippen LogP contribution is 2.20. The standard InChI is InChI=1S/C14H15ClN4/c1-10-14(15)13(19(2)18-10)9-17-12-5-3-11(4-6-12)7-8-16/h3-6,17H,7,9H2,1-2H3. The normalized spacial score (nSPS) is 10.2. The topological polar surface area (TPSA) is 53.6 Å². The molecule has 1 heterocycles. The molecule has 1 aromatic heterocycles. The van der Waals surface area contributed by atoms with E-state index in [1.165, 1.54) is 0 Å². The van der Waals surface area contributed by atoms with Gasteiger partial charge in [0.25, 0.3) is 0 Å². The summed E-state index contributed by atoms with van der Waals surface area (Å²) < 4.78 is 1.79. The van der Waals surface area contributed by atoms with Crippen molar-refractivity contribution in [2.24, 2.45) is 7.05 Å². The summed E-state index contributed by atoms with van der Waals surface area (Å²) in [5.74, 6) is 0. The molecule has 0 saturated heterocycles. The molecule has 0 aliphatic rings. The first kappa shape index (κ1) is 13.4. The van der Waals surface area contributed by atoms with Crippen molar-refractivity contribution in [3.63, 3.8) is 0 Å². The first-order valence-electron chi connectivity index (χ1n) is 5.99. The van der Waals surface area contributed by atoms with Crippen molar-refractivity contribution in [1.82, 2.24) is 9.78 Å². The molecule has 0 unspecified atom stereocenters. The van der Waals surface area contributed by atoms with Crippen LogP contribution in [0.2, 0.25) is 5.02 Å². The first-order valence-corrected chi connectivity index (χ1v) is 6.37. The third-order valence-electron chi connectivity index (χ3n) is 2.96. The van der Waals surface area contributed by atoms with Crippen LogP contribution in [0.25, 0.3) is 0 Å². The second-order valence-electron chi connectivity index (χ2n) is 4.36. The first-order chi connectivity index (χ1) is 9.11. The van der Waals surface area contributed by atoms with Gasteiger partial charge in [0.2, 0.25) is 0 Å². The number of nitriles is 1. The lowest BCUT2D eigenvalue weighted by Crippen LogP contribution is -2.05. The van der Waals surface area contributed by atoms with E-state index in [2.05, 4.69) is 16.5 Å². The molecule has 0 aliphatic heterocycles. The number of benzene rings is 1. The van der Waals surface area contributed by atoms with Crippen LogP contribution in [0, 0.1) is 18.3 Å². The summed E-state index contributed by atoms with van der Waals surface area (Å²) in [6, 6.07) is 9.95. The van der Waals surface area contributed by atoms with Crippen LogP contribution in [0.3, 0.4) is 0 Å². The van der Waals surface area contributed by atoms with Crippen LogP contribution in [0.1, 0.15) is 17.0 Å². The van der Waals surface area contributed by atoms with Gasteiger partial charge in [0, 0.05) is 12.7 Å². The molecule has 0 bridgehead atoms. The predicted octanol–water partition coefficient (Wildman–Crippen LogP) is 3.06. The number of nitrogens with one attached hydrogen (secondary N) is 1. The van der Waals surface area contributed by atoms with Crippen molar-refractivity contribution < 1.29 is 0 Å². The van der Waals surface area contributed by atoms with Gasteiger partial charge in [-0.2, -0.15) is 10.4 Å². The van der Waals surface area contributed by atoms with E-state index in [0.29, 0.717) is 18.0 Å². The predicted molar refractivity (Wildman–Crippen MR) is 76.0 cm³/mol. The summed E-state index contributed by atoms with van der Waals surface area (Å²) in [6.45, 7) is 2.51. The largest absolute Gasteiger partial charge is 0.379 e. The Bertz CT molecular complexity index is 608. The fraction of sp³-hybridized carbons (Fsp3) is 0.286. The number of hydrogen-bond donors (Lipinski definition) is 1. The van der Waals surface area contributed by atoms with Gasteiger partial charge in [0.05, 0.1) is 35.4 Å². The maximum atomic E-state index is 8.61. The number of nitrogens with zero attached hydrogens (tertiary/aromatic N) is 3.